The number of carbonyl (C=O) groups excluding carboxylic acids is 1. The molecule has 1 aromatic heterocycles. The van der Waals surface area contributed by atoms with E-state index in [2.05, 4.69) is 15.3 Å². The number of phenols is 2. The Balaban J connectivity index is 2.10. The Kier molecular flexibility index (Phi) is 4.07. The van der Waals surface area contributed by atoms with Crippen LogP contribution in [-0.2, 0) is 11.2 Å². The average molecular weight is 291 g/mol. The second kappa shape index (κ2) is 5.95. The number of aliphatic carboxylic acids is 1. The van der Waals surface area contributed by atoms with E-state index in [0.29, 0.717) is 5.69 Å². The van der Waals surface area contributed by atoms with Crippen molar-refractivity contribution in [2.24, 2.45) is 0 Å². The van der Waals surface area contributed by atoms with E-state index in [1.165, 1.54) is 18.6 Å². The number of aromatic hydroxyl groups is 2. The lowest BCUT2D eigenvalue weighted by atomic mass is 10.1. The molecule has 1 amide bonds. The van der Waals surface area contributed by atoms with Gasteiger partial charge in [0.2, 0.25) is 0 Å². The van der Waals surface area contributed by atoms with Crippen molar-refractivity contribution < 1.29 is 24.9 Å². The summed E-state index contributed by atoms with van der Waals surface area (Å²) in [5.41, 5.74) is 0.609. The first-order valence-corrected chi connectivity index (χ1v) is 6.00. The number of rotatable bonds is 5. The van der Waals surface area contributed by atoms with Gasteiger partial charge in [0.05, 0.1) is 6.33 Å². The Labute approximate surface area is 119 Å². The van der Waals surface area contributed by atoms with Crippen molar-refractivity contribution in [2.75, 3.05) is 0 Å². The van der Waals surface area contributed by atoms with E-state index in [4.69, 9.17) is 5.11 Å². The Morgan fingerprint density at radius 2 is 2.05 bits per heavy atom. The maximum Gasteiger partial charge on any atom is 0.326 e. The van der Waals surface area contributed by atoms with Crippen molar-refractivity contribution >= 4 is 11.9 Å². The van der Waals surface area contributed by atoms with Crippen LogP contribution in [0.25, 0.3) is 0 Å². The molecule has 0 unspecified atom stereocenters. The molecule has 0 saturated carbocycles. The van der Waals surface area contributed by atoms with Crippen LogP contribution in [0, 0.1) is 0 Å². The molecule has 0 saturated heterocycles. The number of imidazole rings is 1. The van der Waals surface area contributed by atoms with Crippen LogP contribution in [0.15, 0.2) is 30.7 Å². The van der Waals surface area contributed by atoms with Gasteiger partial charge in [-0.1, -0.05) is 0 Å². The lowest BCUT2D eigenvalue weighted by molar-refractivity contribution is -0.139. The number of benzene rings is 1. The Bertz CT molecular complexity index is 654. The third kappa shape index (κ3) is 3.50. The van der Waals surface area contributed by atoms with Crippen molar-refractivity contribution in [3.05, 3.63) is 42.0 Å². The van der Waals surface area contributed by atoms with E-state index >= 15 is 0 Å². The molecule has 0 fully saturated rings. The van der Waals surface area contributed by atoms with E-state index in [1.54, 1.807) is 0 Å². The molecular weight excluding hydrogens is 278 g/mol. The van der Waals surface area contributed by atoms with Crippen LogP contribution >= 0.6 is 0 Å². The molecule has 21 heavy (non-hydrogen) atoms. The largest absolute Gasteiger partial charge is 0.504 e. The summed E-state index contributed by atoms with van der Waals surface area (Å²) in [7, 11) is 0. The molecule has 0 aliphatic rings. The molecule has 8 heteroatoms. The minimum Gasteiger partial charge on any atom is -0.504 e. The standard InChI is InChI=1S/C13H13N3O5/c17-10-2-1-7(3-11(10)18)12(19)16-9(13(20)21)4-8-5-14-6-15-8/h1-3,5-6,9,17-18H,4H2,(H,14,15)(H,16,19)(H,20,21)/t9-/m0/s1. The molecule has 1 aromatic carbocycles. The van der Waals surface area contributed by atoms with Crippen molar-refractivity contribution in [3.8, 4) is 11.5 Å². The van der Waals surface area contributed by atoms with Crippen molar-refractivity contribution in [1.82, 2.24) is 15.3 Å². The molecule has 5 N–H and O–H groups in total. The summed E-state index contributed by atoms with van der Waals surface area (Å²) in [6.07, 6.45) is 2.92. The summed E-state index contributed by atoms with van der Waals surface area (Å²) < 4.78 is 0. The number of hydrogen-bond donors (Lipinski definition) is 5. The number of carboxylic acids is 1. The number of nitrogens with one attached hydrogen (secondary N) is 2. The van der Waals surface area contributed by atoms with Crippen LogP contribution in [0.1, 0.15) is 16.1 Å². The molecule has 0 spiro atoms. The molecule has 110 valence electrons. The SMILES string of the molecule is O=C(N[C@@H](Cc1cnc[nH]1)C(=O)O)c1ccc(O)c(O)c1. The zero-order valence-corrected chi connectivity index (χ0v) is 10.8. The number of carboxylic acid groups (broad SMARTS) is 1. The molecule has 8 nitrogen and oxygen atoms in total. The van der Waals surface area contributed by atoms with Gasteiger partial charge in [-0.25, -0.2) is 9.78 Å². The second-order valence-electron chi connectivity index (χ2n) is 4.35. The highest BCUT2D eigenvalue weighted by atomic mass is 16.4. The highest BCUT2D eigenvalue weighted by Crippen LogP contribution is 2.24. The third-order valence-corrected chi connectivity index (χ3v) is 2.82. The van der Waals surface area contributed by atoms with E-state index < -0.39 is 23.7 Å². The summed E-state index contributed by atoms with van der Waals surface area (Å²) >= 11 is 0. The molecule has 0 aliphatic heterocycles. The summed E-state index contributed by atoms with van der Waals surface area (Å²) in [5, 5.41) is 30.0. The first kappa shape index (κ1) is 14.4. The van der Waals surface area contributed by atoms with Gasteiger partial charge in [0, 0.05) is 23.9 Å². The van der Waals surface area contributed by atoms with Gasteiger partial charge in [0.25, 0.3) is 5.91 Å². The minimum absolute atomic E-state index is 0.0427. The van der Waals surface area contributed by atoms with Crippen LogP contribution in [-0.4, -0.2) is 43.2 Å². The topological polar surface area (TPSA) is 136 Å². The summed E-state index contributed by atoms with van der Waals surface area (Å²) in [6.45, 7) is 0. The van der Waals surface area contributed by atoms with Gasteiger partial charge in [0.1, 0.15) is 6.04 Å². The monoisotopic (exact) mass is 291 g/mol. The van der Waals surface area contributed by atoms with Crippen molar-refractivity contribution in [3.63, 3.8) is 0 Å². The molecule has 2 aromatic rings. The zero-order valence-electron chi connectivity index (χ0n) is 10.8. The van der Waals surface area contributed by atoms with Crippen molar-refractivity contribution in [2.45, 2.75) is 12.5 Å². The summed E-state index contributed by atoms with van der Waals surface area (Å²) in [6, 6.07) is 2.34. The molecule has 1 atom stereocenters. The number of amides is 1. The maximum absolute atomic E-state index is 12.0. The fourth-order valence-electron chi connectivity index (χ4n) is 1.72. The third-order valence-electron chi connectivity index (χ3n) is 2.82. The molecule has 0 radical (unpaired) electrons. The van der Waals surface area contributed by atoms with Crippen molar-refractivity contribution in [1.29, 1.82) is 0 Å². The summed E-state index contributed by atoms with van der Waals surface area (Å²) in [4.78, 5) is 29.7. The number of aromatic nitrogens is 2. The number of H-pyrrole nitrogens is 1. The second-order valence-corrected chi connectivity index (χ2v) is 4.35. The van der Waals surface area contributed by atoms with E-state index in [9.17, 15) is 19.8 Å². The molecule has 2 rings (SSSR count). The predicted molar refractivity (Wildman–Crippen MR) is 71.0 cm³/mol. The maximum atomic E-state index is 12.0. The molecule has 0 aliphatic carbocycles. The lowest BCUT2D eigenvalue weighted by Gasteiger charge is -2.14. The van der Waals surface area contributed by atoms with Gasteiger partial charge >= 0.3 is 5.97 Å². The number of nitrogens with zero attached hydrogens (tertiary/aromatic N) is 1. The quantitative estimate of drug-likeness (QED) is 0.501. The first-order valence-electron chi connectivity index (χ1n) is 6.00. The van der Waals surface area contributed by atoms with Crippen LogP contribution in [0.5, 0.6) is 11.5 Å². The Morgan fingerprint density at radius 3 is 2.62 bits per heavy atom. The van der Waals surface area contributed by atoms with Gasteiger partial charge < -0.3 is 25.6 Å². The highest BCUT2D eigenvalue weighted by molar-refractivity contribution is 5.97. The Hall–Kier alpha value is -3.03. The van der Waals surface area contributed by atoms with E-state index in [1.807, 2.05) is 0 Å². The fraction of sp³-hybridized carbons (Fsp3) is 0.154. The molecular formula is C13H13N3O5. The normalized spacial score (nSPS) is 11.8. The molecule has 0 bridgehead atoms. The van der Waals surface area contributed by atoms with Crippen LogP contribution < -0.4 is 5.32 Å². The first-order chi connectivity index (χ1) is 9.97. The number of aromatic amines is 1. The zero-order chi connectivity index (χ0) is 15.4. The summed E-state index contributed by atoms with van der Waals surface area (Å²) in [5.74, 6) is -2.68. The molecule has 1 heterocycles. The minimum atomic E-state index is -1.19. The van der Waals surface area contributed by atoms with Gasteiger partial charge in [-0.15, -0.1) is 0 Å². The van der Waals surface area contributed by atoms with Gasteiger partial charge in [0.15, 0.2) is 11.5 Å². The smallest absolute Gasteiger partial charge is 0.326 e. The van der Waals surface area contributed by atoms with Gasteiger partial charge in [-0.05, 0) is 18.2 Å². The van der Waals surface area contributed by atoms with Crippen LogP contribution in [0.3, 0.4) is 0 Å². The highest BCUT2D eigenvalue weighted by Gasteiger charge is 2.22. The number of carbonyl (C=O) groups is 2. The van der Waals surface area contributed by atoms with Gasteiger partial charge in [-0.3, -0.25) is 4.79 Å². The number of phenolic OH excluding ortho intramolecular Hbond substituents is 2. The average Bonchev–Trinajstić information content (AvgIpc) is 2.93. The fourth-order valence-corrected chi connectivity index (χ4v) is 1.72. The lowest BCUT2D eigenvalue weighted by Crippen LogP contribution is -2.42. The Morgan fingerprint density at radius 1 is 1.29 bits per heavy atom. The van der Waals surface area contributed by atoms with Gasteiger partial charge in [-0.2, -0.15) is 0 Å². The number of hydrogen-bond acceptors (Lipinski definition) is 5. The predicted octanol–water partition coefficient (Wildman–Crippen LogP) is 0.247. The van der Waals surface area contributed by atoms with E-state index in [0.717, 1.165) is 12.1 Å². The van der Waals surface area contributed by atoms with Crippen LogP contribution in [0.2, 0.25) is 0 Å². The van der Waals surface area contributed by atoms with E-state index in [-0.39, 0.29) is 17.7 Å². The van der Waals surface area contributed by atoms with Crippen LogP contribution in [0.4, 0.5) is 0 Å².